The fourth-order valence-corrected chi connectivity index (χ4v) is 4.78. The van der Waals surface area contributed by atoms with E-state index in [0.717, 1.165) is 11.1 Å². The fourth-order valence-electron chi connectivity index (χ4n) is 4.78. The third-order valence-electron chi connectivity index (χ3n) is 6.12. The number of likely N-dealkylation sites (N-methyl/N-ethyl adjacent to an activating group) is 1. The average Bonchev–Trinajstić information content (AvgIpc) is 3.13. The molecule has 0 spiro atoms. The molecule has 9 heteroatoms. The molecule has 2 aliphatic rings. The van der Waals surface area contributed by atoms with E-state index in [1.54, 1.807) is 32.1 Å². The van der Waals surface area contributed by atoms with Gasteiger partial charge in [0.25, 0.3) is 0 Å². The van der Waals surface area contributed by atoms with Crippen molar-refractivity contribution in [2.75, 3.05) is 48.1 Å². The van der Waals surface area contributed by atoms with Crippen molar-refractivity contribution < 1.29 is 33.3 Å². The second-order valence-electron chi connectivity index (χ2n) is 7.85. The first-order valence-electron chi connectivity index (χ1n) is 10.3. The Balaban J connectivity index is 2.09. The lowest BCUT2D eigenvalue weighted by Crippen LogP contribution is -2.63. The van der Waals surface area contributed by atoms with Gasteiger partial charge >= 0.3 is 11.9 Å². The molecule has 0 N–H and O–H groups in total. The summed E-state index contributed by atoms with van der Waals surface area (Å²) in [7, 11) is 6.37. The summed E-state index contributed by atoms with van der Waals surface area (Å²) in [5.41, 5.74) is 0.535. The normalized spacial score (nSPS) is 22.4. The number of rotatable bonds is 7. The predicted molar refractivity (Wildman–Crippen MR) is 111 cm³/mol. The van der Waals surface area contributed by atoms with Crippen LogP contribution < -0.4 is 9.47 Å². The van der Waals surface area contributed by atoms with Gasteiger partial charge in [-0.25, -0.2) is 4.79 Å². The van der Waals surface area contributed by atoms with Crippen molar-refractivity contribution in [1.82, 2.24) is 9.80 Å². The molecule has 1 fully saturated rings. The highest BCUT2D eigenvalue weighted by atomic mass is 16.5. The van der Waals surface area contributed by atoms with E-state index in [4.69, 9.17) is 18.9 Å². The maximum Gasteiger partial charge on any atom is 0.333 e. The molecule has 9 nitrogen and oxygen atoms in total. The summed E-state index contributed by atoms with van der Waals surface area (Å²) < 4.78 is 21.2. The molecule has 0 radical (unpaired) electrons. The predicted octanol–water partition coefficient (Wildman–Crippen LogP) is 1.33. The van der Waals surface area contributed by atoms with Crippen LogP contribution in [-0.4, -0.2) is 81.3 Å². The van der Waals surface area contributed by atoms with Gasteiger partial charge in [-0.3, -0.25) is 9.59 Å². The summed E-state index contributed by atoms with van der Waals surface area (Å²) in [6.45, 7) is 3.02. The Labute approximate surface area is 182 Å². The van der Waals surface area contributed by atoms with Gasteiger partial charge in [-0.1, -0.05) is 0 Å². The highest BCUT2D eigenvalue weighted by molar-refractivity contribution is 5.92. The van der Waals surface area contributed by atoms with Crippen LogP contribution in [0.15, 0.2) is 12.1 Å². The summed E-state index contributed by atoms with van der Waals surface area (Å²) in [5.74, 6) is -0.343. The van der Waals surface area contributed by atoms with Gasteiger partial charge in [0, 0.05) is 37.1 Å². The summed E-state index contributed by atoms with van der Waals surface area (Å²) in [5, 5.41) is 0. The molecule has 1 aromatic rings. The van der Waals surface area contributed by atoms with E-state index < -0.39 is 17.5 Å². The summed E-state index contributed by atoms with van der Waals surface area (Å²) in [6.07, 6.45) is -0.102. The molecule has 1 aromatic carbocycles. The molecule has 1 saturated heterocycles. The van der Waals surface area contributed by atoms with Crippen LogP contribution in [0.25, 0.3) is 0 Å². The number of benzene rings is 1. The number of amides is 1. The molecule has 2 heterocycles. The molecule has 1 amide bonds. The van der Waals surface area contributed by atoms with E-state index in [1.165, 1.54) is 7.11 Å². The van der Waals surface area contributed by atoms with Crippen LogP contribution >= 0.6 is 0 Å². The van der Waals surface area contributed by atoms with Crippen LogP contribution in [0.3, 0.4) is 0 Å². The van der Waals surface area contributed by atoms with Crippen molar-refractivity contribution in [3.8, 4) is 11.5 Å². The molecule has 0 unspecified atom stereocenters. The van der Waals surface area contributed by atoms with Crippen molar-refractivity contribution in [1.29, 1.82) is 0 Å². The van der Waals surface area contributed by atoms with Crippen LogP contribution in [0.1, 0.15) is 36.8 Å². The van der Waals surface area contributed by atoms with Crippen LogP contribution in [0, 0.1) is 0 Å². The maximum atomic E-state index is 13.3. The molecule has 0 aromatic heterocycles. The number of carbonyl (C=O) groups is 3. The number of hydrogen-bond donors (Lipinski definition) is 0. The Morgan fingerprint density at radius 2 is 1.87 bits per heavy atom. The fraction of sp³-hybridized carbons (Fsp3) is 0.591. The zero-order chi connectivity index (χ0) is 22.8. The number of carbonyl (C=O) groups excluding carboxylic acids is 3. The molecule has 0 bridgehead atoms. The maximum absolute atomic E-state index is 13.3. The van der Waals surface area contributed by atoms with Crippen molar-refractivity contribution in [2.45, 2.75) is 37.8 Å². The van der Waals surface area contributed by atoms with Crippen LogP contribution in [-0.2, 0) is 30.4 Å². The van der Waals surface area contributed by atoms with E-state index in [-0.39, 0.29) is 37.8 Å². The van der Waals surface area contributed by atoms with Crippen molar-refractivity contribution in [2.24, 2.45) is 0 Å². The van der Waals surface area contributed by atoms with Gasteiger partial charge in [0.2, 0.25) is 5.91 Å². The molecule has 170 valence electrons. The largest absolute Gasteiger partial charge is 0.497 e. The van der Waals surface area contributed by atoms with Crippen LogP contribution in [0.4, 0.5) is 0 Å². The van der Waals surface area contributed by atoms with Gasteiger partial charge in [0.05, 0.1) is 40.9 Å². The second-order valence-corrected chi connectivity index (χ2v) is 7.85. The third-order valence-corrected chi connectivity index (χ3v) is 6.12. The van der Waals surface area contributed by atoms with Gasteiger partial charge in [-0.15, -0.1) is 0 Å². The molecular weight excluding hydrogens is 404 g/mol. The Kier molecular flexibility index (Phi) is 6.74. The number of ether oxygens (including phenoxy) is 4. The number of likely N-dealkylation sites (tertiary alicyclic amines) is 1. The minimum atomic E-state index is -1.19. The molecule has 31 heavy (non-hydrogen) atoms. The number of fused-ring (bicyclic) bond motifs is 3. The lowest BCUT2D eigenvalue weighted by molar-refractivity contribution is -0.164. The highest BCUT2D eigenvalue weighted by Crippen LogP contribution is 2.50. The lowest BCUT2D eigenvalue weighted by atomic mass is 9.74. The van der Waals surface area contributed by atoms with Crippen molar-refractivity contribution in [3.05, 3.63) is 23.3 Å². The second kappa shape index (κ2) is 9.13. The summed E-state index contributed by atoms with van der Waals surface area (Å²) in [6, 6.07) is 3.67. The summed E-state index contributed by atoms with van der Waals surface area (Å²) in [4.78, 5) is 41.9. The number of nitrogens with zero attached hydrogens (tertiary/aromatic N) is 2. The van der Waals surface area contributed by atoms with E-state index in [2.05, 4.69) is 0 Å². The molecule has 2 atom stereocenters. The van der Waals surface area contributed by atoms with Crippen LogP contribution in [0.5, 0.6) is 11.5 Å². The van der Waals surface area contributed by atoms with Crippen LogP contribution in [0.2, 0.25) is 0 Å². The Morgan fingerprint density at radius 1 is 1.13 bits per heavy atom. The van der Waals surface area contributed by atoms with Crippen molar-refractivity contribution in [3.63, 3.8) is 0 Å². The van der Waals surface area contributed by atoms with Gasteiger partial charge in [0.15, 0.2) is 5.54 Å². The molecule has 2 aliphatic heterocycles. The lowest BCUT2D eigenvalue weighted by Gasteiger charge is -2.47. The van der Waals surface area contributed by atoms with E-state index in [9.17, 15) is 14.4 Å². The minimum Gasteiger partial charge on any atom is -0.497 e. The average molecular weight is 434 g/mol. The highest BCUT2D eigenvalue weighted by Gasteiger charge is 2.61. The Morgan fingerprint density at radius 3 is 2.48 bits per heavy atom. The van der Waals surface area contributed by atoms with E-state index >= 15 is 0 Å². The Bertz CT molecular complexity index is 872. The molecule has 0 saturated carbocycles. The molecule has 0 aliphatic carbocycles. The number of methoxy groups -OCH3 is 3. The van der Waals surface area contributed by atoms with E-state index in [1.807, 2.05) is 18.0 Å². The molecule has 3 rings (SSSR count). The van der Waals surface area contributed by atoms with Crippen molar-refractivity contribution >= 4 is 17.8 Å². The van der Waals surface area contributed by atoms with E-state index in [0.29, 0.717) is 24.6 Å². The van der Waals surface area contributed by atoms with Gasteiger partial charge < -0.3 is 28.7 Å². The third kappa shape index (κ3) is 3.94. The first kappa shape index (κ1) is 22.9. The first-order valence-corrected chi connectivity index (χ1v) is 10.3. The SMILES string of the molecule is CCOC(=O)CCC(=O)N1Cc2c(OC)cc(OC)cc2[C@H]2CN(C)C[C@]21C(=O)OC. The minimum absolute atomic E-state index is 0.0481. The number of esters is 2. The monoisotopic (exact) mass is 434 g/mol. The first-order chi connectivity index (χ1) is 14.8. The zero-order valence-corrected chi connectivity index (χ0v) is 18.7. The van der Waals surface area contributed by atoms with Gasteiger partial charge in [-0.2, -0.15) is 0 Å². The van der Waals surface area contributed by atoms with Gasteiger partial charge in [-0.05, 0) is 25.6 Å². The smallest absolute Gasteiger partial charge is 0.333 e. The Hall–Kier alpha value is -2.81. The topological polar surface area (TPSA) is 94.6 Å². The van der Waals surface area contributed by atoms with Gasteiger partial charge in [0.1, 0.15) is 11.5 Å². The molecular formula is C22H30N2O7. The quantitative estimate of drug-likeness (QED) is 0.594. The number of hydrogen-bond acceptors (Lipinski definition) is 8. The summed E-state index contributed by atoms with van der Waals surface area (Å²) >= 11 is 0. The standard InChI is InChI=1S/C22H30N2O7/c1-6-31-20(26)8-7-19(25)24-11-16-15(9-14(28-3)10-18(16)29-4)17-12-23(2)13-22(17,24)21(27)30-5/h9-10,17H,6-8,11-13H2,1-5H3/t17-,22-/m1/s1. The zero-order valence-electron chi connectivity index (χ0n) is 18.7.